The van der Waals surface area contributed by atoms with Gasteiger partial charge in [0.2, 0.25) is 0 Å². The second-order valence-corrected chi connectivity index (χ2v) is 31.4. The summed E-state index contributed by atoms with van der Waals surface area (Å²) in [5.41, 5.74) is 9.31. The van der Waals surface area contributed by atoms with Crippen molar-refractivity contribution in [1.82, 2.24) is 69.5 Å². The maximum Gasteiger partial charge on any atom is 0.526 e. The molecule has 2 fully saturated rings. The highest BCUT2D eigenvalue weighted by atomic mass is 32.1. The van der Waals surface area contributed by atoms with Crippen molar-refractivity contribution in [3.63, 3.8) is 0 Å². The number of carbonyl (C=O) groups is 8. The minimum Gasteiger partial charge on any atom is -0.535 e. The number of Topliss-reactive ketones (excluding diaryl/α,β-unsaturated/α-hetero) is 8. The quantitative estimate of drug-likeness (QED) is 0.0233. The van der Waals surface area contributed by atoms with Crippen LogP contribution in [0.1, 0.15) is 128 Å². The number of hydrogen-bond donors (Lipinski definition) is 4. The number of thiophene rings is 2. The van der Waals surface area contributed by atoms with Crippen molar-refractivity contribution in [3.8, 4) is 44.8 Å². The fourth-order valence-corrected chi connectivity index (χ4v) is 16.2. The van der Waals surface area contributed by atoms with E-state index in [-0.39, 0.29) is 116 Å². The minimum atomic E-state index is -1.16. The Bertz CT molecular complexity index is 5150. The molecule has 4 N–H and O–H groups in total. The molecule has 16 rings (SSSR count). The average molecular weight is 1640 g/mol. The number of carbonyl (C=O) groups excluding carboxylic acids is 8. The zero-order valence-electron chi connectivity index (χ0n) is 65.3. The van der Waals surface area contributed by atoms with Crippen molar-refractivity contribution in [1.29, 1.82) is 0 Å². The third kappa shape index (κ3) is 21.6. The molecule has 33 nitrogen and oxygen atoms in total. The number of hydrogen-bond acceptors (Lipinski definition) is 30. The number of benzene rings is 4. The maximum atomic E-state index is 13.2. The van der Waals surface area contributed by atoms with Crippen LogP contribution in [0.3, 0.4) is 0 Å². The number of rotatable bonds is 26. The smallest absolute Gasteiger partial charge is 0.526 e. The molecule has 0 amide bonds. The zero-order valence-corrected chi connectivity index (χ0v) is 67.0. The van der Waals surface area contributed by atoms with Crippen LogP contribution in [0.4, 0.5) is 5.95 Å². The molecule has 2 saturated heterocycles. The van der Waals surface area contributed by atoms with Crippen molar-refractivity contribution < 1.29 is 86.5 Å². The van der Waals surface area contributed by atoms with E-state index in [0.29, 0.717) is 110 Å². The maximum absolute atomic E-state index is 13.2. The van der Waals surface area contributed by atoms with Crippen molar-refractivity contribution in [2.24, 2.45) is 0 Å². The lowest BCUT2D eigenvalue weighted by molar-refractivity contribution is -0.120. The van der Waals surface area contributed by atoms with Gasteiger partial charge in [0.05, 0.1) is 71.6 Å². The summed E-state index contributed by atoms with van der Waals surface area (Å²) in [6.07, 6.45) is 7.19. The fraction of sp³-hybridized carbons (Fsp3) is 0.380. The highest BCUT2D eigenvalue weighted by Crippen LogP contribution is 2.41. The van der Waals surface area contributed by atoms with E-state index in [1.165, 1.54) is 48.1 Å². The molecule has 39 heteroatoms. The highest BCUT2D eigenvalue weighted by Gasteiger charge is 2.42. The van der Waals surface area contributed by atoms with E-state index in [4.69, 9.17) is 34.7 Å². The molecule has 6 aliphatic heterocycles. The van der Waals surface area contributed by atoms with Gasteiger partial charge in [0, 0.05) is 99.2 Å². The minimum absolute atomic E-state index is 0.0143. The summed E-state index contributed by atoms with van der Waals surface area (Å²) in [4.78, 5) is 110. The van der Waals surface area contributed by atoms with Crippen LogP contribution in [0, 0.1) is 6.57 Å². The molecule has 12 heterocycles. The van der Waals surface area contributed by atoms with Gasteiger partial charge in [-0.3, -0.25) is 48.2 Å². The molecule has 0 unspecified atom stereocenters. The topological polar surface area (TPSA) is 407 Å². The van der Waals surface area contributed by atoms with E-state index in [1.807, 2.05) is 58.6 Å². The van der Waals surface area contributed by atoms with E-state index in [1.54, 1.807) is 88.3 Å². The van der Waals surface area contributed by atoms with Crippen LogP contribution < -0.4 is 18.6 Å². The summed E-state index contributed by atoms with van der Waals surface area (Å²) in [6, 6.07) is 27.1. The van der Waals surface area contributed by atoms with Gasteiger partial charge < -0.3 is 53.0 Å². The summed E-state index contributed by atoms with van der Waals surface area (Å²) >= 11 is 3.13. The van der Waals surface area contributed by atoms with Crippen molar-refractivity contribution in [3.05, 3.63) is 193 Å². The number of morpholine rings is 2. The van der Waals surface area contributed by atoms with Crippen LogP contribution in [0.5, 0.6) is 23.0 Å². The Balaban J connectivity index is 0.000000138. The third-order valence-corrected chi connectivity index (χ3v) is 22.4. The zero-order chi connectivity index (χ0) is 83.1. The normalized spacial score (nSPS) is 17.4. The number of para-hydroxylation sites is 4. The second kappa shape index (κ2) is 39.4. The Morgan fingerprint density at radius 3 is 1.28 bits per heavy atom. The van der Waals surface area contributed by atoms with Gasteiger partial charge in [-0.15, -0.1) is 38.2 Å². The number of fused-ring (bicyclic) bond motifs is 4. The molecule has 0 radical (unpaired) electrons. The lowest BCUT2D eigenvalue weighted by Gasteiger charge is -2.29. The van der Waals surface area contributed by atoms with E-state index in [9.17, 15) is 58.5 Å². The van der Waals surface area contributed by atoms with Gasteiger partial charge in [0.15, 0.2) is 52.6 Å². The van der Waals surface area contributed by atoms with Gasteiger partial charge in [-0.1, -0.05) is 75.3 Å². The highest BCUT2D eigenvalue weighted by molar-refractivity contribution is 7.13. The molecule has 0 spiro atoms. The molecule has 6 aliphatic rings. The monoisotopic (exact) mass is 1640 g/mol. The predicted molar refractivity (Wildman–Crippen MR) is 434 cm³/mol. The van der Waals surface area contributed by atoms with Crippen LogP contribution in [0.15, 0.2) is 126 Å². The fourth-order valence-electron chi connectivity index (χ4n) is 14.9. The summed E-state index contributed by atoms with van der Waals surface area (Å²) in [5.74, 6) is -0.759. The number of ketones is 8. The van der Waals surface area contributed by atoms with Gasteiger partial charge >= 0.3 is 34.4 Å². The van der Waals surface area contributed by atoms with E-state index < -0.39 is 40.1 Å². The van der Waals surface area contributed by atoms with Crippen LogP contribution in [-0.2, 0) is 93.6 Å². The Labute approximate surface area is 687 Å². The average Bonchev–Trinajstić information content (AvgIpc) is 1.29. The van der Waals surface area contributed by atoms with Gasteiger partial charge in [-0.2, -0.15) is 16.0 Å². The van der Waals surface area contributed by atoms with Crippen LogP contribution in [0.25, 0.3) is 26.7 Å². The third-order valence-electron chi connectivity index (χ3n) is 20.9. The summed E-state index contributed by atoms with van der Waals surface area (Å²) < 4.78 is 39.4. The molecule has 6 aromatic heterocycles. The molecule has 118 heavy (non-hydrogen) atoms. The van der Waals surface area contributed by atoms with Crippen LogP contribution >= 0.6 is 22.7 Å². The first kappa shape index (κ1) is 84.7. The largest absolute Gasteiger partial charge is 0.535 e. The lowest BCUT2D eigenvalue weighted by atomic mass is 9.64. The van der Waals surface area contributed by atoms with Crippen molar-refractivity contribution >= 4 is 103 Å². The molecular weight excluding hydrogens is 1550 g/mol. The van der Waals surface area contributed by atoms with Gasteiger partial charge in [0.25, 0.3) is 0 Å². The van der Waals surface area contributed by atoms with Crippen molar-refractivity contribution in [2.75, 3.05) is 52.6 Å². The summed E-state index contributed by atoms with van der Waals surface area (Å²) in [5, 5.41) is 76.3. The predicted octanol–water partition coefficient (Wildman–Crippen LogP) is 7.37. The molecule has 0 aliphatic carbocycles. The number of aromatic nitrogens is 12. The number of nitrogens with zero attached hydrogens (tertiary/aromatic N) is 15. The van der Waals surface area contributed by atoms with E-state index in [0.717, 1.165) is 81.6 Å². The molecule has 10 aromatic rings. The molecule has 608 valence electrons. The Hall–Kier alpha value is -11.2. The SMILES string of the molecule is CC(=O)c1cccc2c1OB(O)[C@@H](CC(=O)Cn1cc(-c3cccs3)nn1)C2.CC(=O)c1cccc2c1OB(O)[C@@H](CC(=O)Cn1cc(-c3ccsc3)nn1)C2.CC(=O)c1cccc2c1OB(O)[C@@H](CC(=O)Cn1nnc(CN3CCOCC3)c1CN1CCOCC1)C2.[C-]#[N+]c1ncn(CC(=O)C[C@H]2Cc3cccc(C(C)=O)c3OB2O)n1. The number of ether oxygens (including phenoxy) is 2. The summed E-state index contributed by atoms with van der Waals surface area (Å²) in [6.45, 7) is 20.3. The van der Waals surface area contributed by atoms with Gasteiger partial charge in [-0.25, -0.2) is 14.0 Å². The first-order valence-corrected chi connectivity index (χ1v) is 40.4. The molecular formula is C79H85B4N15O18S2. The van der Waals surface area contributed by atoms with Crippen molar-refractivity contribution in [2.45, 2.75) is 142 Å². The molecule has 0 bridgehead atoms. The second-order valence-electron chi connectivity index (χ2n) is 29.6. The Kier molecular flexibility index (Phi) is 28.3. The van der Waals surface area contributed by atoms with Crippen LogP contribution in [0.2, 0.25) is 23.3 Å². The van der Waals surface area contributed by atoms with E-state index in [2.05, 4.69) is 55.7 Å². The Morgan fingerprint density at radius 2 is 0.890 bits per heavy atom. The lowest BCUT2D eigenvalue weighted by Crippen LogP contribution is -2.38. The first-order valence-electron chi connectivity index (χ1n) is 38.6. The van der Waals surface area contributed by atoms with Gasteiger partial charge in [-0.05, 0) is 123 Å². The molecule has 4 atom stereocenters. The molecule has 0 saturated carbocycles. The Morgan fingerprint density at radius 1 is 0.483 bits per heavy atom. The van der Waals surface area contributed by atoms with E-state index >= 15 is 0 Å². The van der Waals surface area contributed by atoms with Gasteiger partial charge in [0.1, 0.15) is 66.3 Å². The van der Waals surface area contributed by atoms with Crippen LogP contribution in [-0.4, -0.2) is 217 Å². The standard InChI is InChI=1S/C25H34BN5O6.2C19H18BN3O4S.C16H15BN4O4/c1-18(32)22-4-2-3-19-13-20(26(34)37-25(19)22)14-21(33)15-31-24(17-30-7-11-36-12-8-30)23(27-28-31)16-29-5-9-35-10-6-29;1-12(24)16-5-2-4-13-8-14(20(26)27-19(13)16)9-15(25)10-23-11-17(21-22-23)18-6-3-7-28-18;1-12(24)17-4-2-3-13-7-15(20(26)27-19(13)17)8-16(25)9-23-10-18(21-22-23)14-5-6-28-11-14;1-10(22)14-5-3-4-11-6-12(17(24)25-15(11)14)7-13(23)8-21-9-19-16(18-2)20-21/h2-4,20,34H,5-17H2,1H3;2-7,11,14,26H,8-10H2,1H3;2-6,10-11,15,26H,7-9H2,1H3;3-5,9,12,24H,6-8H2,1H3/t20-;14-;15-;12-/m1111/s1. The first-order chi connectivity index (χ1) is 57.0. The summed E-state index contributed by atoms with van der Waals surface area (Å²) in [7, 11) is -4.58. The molecule has 4 aromatic carbocycles.